The zero-order valence-electron chi connectivity index (χ0n) is 14.5. The van der Waals surface area contributed by atoms with Crippen LogP contribution in [0.3, 0.4) is 0 Å². The summed E-state index contributed by atoms with van der Waals surface area (Å²) in [6.45, 7) is 0.636. The molecule has 6 nitrogen and oxygen atoms in total. The van der Waals surface area contributed by atoms with Crippen LogP contribution in [0.1, 0.15) is 11.3 Å². The van der Waals surface area contributed by atoms with Crippen molar-refractivity contribution in [2.75, 3.05) is 5.32 Å². The Morgan fingerprint density at radius 1 is 1.04 bits per heavy atom. The average molecular weight is 355 g/mol. The standard InChI is InChI=1S/C21H17N5O/c27-21(23-20-10-4-9-19-18(20)8-5-13-22-19)12-11-17-15-26(25-24-17)14-16-6-2-1-3-7-16/h1-13,15H,14H2,(H,23,27)/b12-11+. The summed E-state index contributed by atoms with van der Waals surface area (Å²) in [6, 6.07) is 19.4. The lowest BCUT2D eigenvalue weighted by Crippen LogP contribution is -2.08. The van der Waals surface area contributed by atoms with Gasteiger partial charge in [-0.25, -0.2) is 4.68 Å². The molecule has 4 rings (SSSR count). The van der Waals surface area contributed by atoms with Crippen LogP contribution in [0.15, 0.2) is 79.1 Å². The third-order valence-electron chi connectivity index (χ3n) is 4.05. The van der Waals surface area contributed by atoms with Gasteiger partial charge < -0.3 is 5.32 Å². The van der Waals surface area contributed by atoms with E-state index in [0.717, 1.165) is 22.2 Å². The fraction of sp³-hybridized carbons (Fsp3) is 0.0476. The number of hydrogen-bond acceptors (Lipinski definition) is 4. The van der Waals surface area contributed by atoms with Crippen LogP contribution in [-0.2, 0) is 11.3 Å². The number of fused-ring (bicyclic) bond motifs is 1. The minimum Gasteiger partial charge on any atom is -0.322 e. The number of nitrogens with one attached hydrogen (secondary N) is 1. The number of nitrogens with zero attached hydrogens (tertiary/aromatic N) is 4. The number of benzene rings is 2. The molecule has 27 heavy (non-hydrogen) atoms. The molecule has 132 valence electrons. The lowest BCUT2D eigenvalue weighted by molar-refractivity contribution is -0.111. The molecule has 2 aromatic carbocycles. The van der Waals surface area contributed by atoms with Gasteiger partial charge in [-0.05, 0) is 35.9 Å². The van der Waals surface area contributed by atoms with E-state index < -0.39 is 0 Å². The highest BCUT2D eigenvalue weighted by atomic mass is 16.1. The third kappa shape index (κ3) is 4.07. The smallest absolute Gasteiger partial charge is 0.248 e. The second kappa shape index (κ2) is 7.61. The van der Waals surface area contributed by atoms with Gasteiger partial charge >= 0.3 is 0 Å². The summed E-state index contributed by atoms with van der Waals surface area (Å²) < 4.78 is 1.74. The molecule has 0 fully saturated rings. The Labute approximate surface area is 156 Å². The molecule has 1 amide bonds. The summed E-state index contributed by atoms with van der Waals surface area (Å²) in [5.41, 5.74) is 3.33. The van der Waals surface area contributed by atoms with Crippen molar-refractivity contribution in [1.82, 2.24) is 20.0 Å². The van der Waals surface area contributed by atoms with Gasteiger partial charge in [0.25, 0.3) is 0 Å². The van der Waals surface area contributed by atoms with Crippen molar-refractivity contribution >= 4 is 28.6 Å². The van der Waals surface area contributed by atoms with Crippen LogP contribution in [0.5, 0.6) is 0 Å². The first-order chi connectivity index (χ1) is 13.3. The summed E-state index contributed by atoms with van der Waals surface area (Å²) in [7, 11) is 0. The SMILES string of the molecule is O=C(/C=C/c1cn(Cc2ccccc2)nn1)Nc1cccc2ncccc12. The normalized spacial score (nSPS) is 11.1. The van der Waals surface area contributed by atoms with E-state index in [-0.39, 0.29) is 5.91 Å². The van der Waals surface area contributed by atoms with Crippen LogP contribution in [0.25, 0.3) is 17.0 Å². The average Bonchev–Trinajstić information content (AvgIpc) is 3.15. The molecule has 0 atom stereocenters. The zero-order valence-corrected chi connectivity index (χ0v) is 14.5. The molecular weight excluding hydrogens is 338 g/mol. The molecule has 4 aromatic rings. The van der Waals surface area contributed by atoms with E-state index in [9.17, 15) is 4.79 Å². The summed E-state index contributed by atoms with van der Waals surface area (Å²) in [5, 5.41) is 11.9. The number of pyridine rings is 1. The maximum Gasteiger partial charge on any atom is 0.248 e. The van der Waals surface area contributed by atoms with Gasteiger partial charge in [0.2, 0.25) is 5.91 Å². The van der Waals surface area contributed by atoms with Crippen molar-refractivity contribution in [3.63, 3.8) is 0 Å². The third-order valence-corrected chi connectivity index (χ3v) is 4.05. The summed E-state index contributed by atoms with van der Waals surface area (Å²) in [4.78, 5) is 16.5. The molecule has 0 saturated heterocycles. The highest BCUT2D eigenvalue weighted by molar-refractivity contribution is 6.06. The second-order valence-electron chi connectivity index (χ2n) is 6.02. The minimum atomic E-state index is -0.232. The van der Waals surface area contributed by atoms with Crippen molar-refractivity contribution in [2.24, 2.45) is 0 Å². The van der Waals surface area contributed by atoms with Crippen molar-refractivity contribution < 1.29 is 4.79 Å². The lowest BCUT2D eigenvalue weighted by Gasteiger charge is -2.05. The molecule has 1 N–H and O–H groups in total. The fourth-order valence-corrected chi connectivity index (χ4v) is 2.79. The maximum absolute atomic E-state index is 12.3. The van der Waals surface area contributed by atoms with Gasteiger partial charge in [0.05, 0.1) is 23.9 Å². The number of carbonyl (C=O) groups excluding carboxylic acids is 1. The predicted molar refractivity (Wildman–Crippen MR) is 105 cm³/mol. The van der Waals surface area contributed by atoms with Crippen LogP contribution in [0, 0.1) is 0 Å². The molecule has 2 aromatic heterocycles. The van der Waals surface area contributed by atoms with E-state index in [4.69, 9.17) is 0 Å². The molecule has 0 radical (unpaired) electrons. The number of anilines is 1. The quantitative estimate of drug-likeness (QED) is 0.556. The molecule has 6 heteroatoms. The molecule has 2 heterocycles. The van der Waals surface area contributed by atoms with Crippen LogP contribution in [0.4, 0.5) is 5.69 Å². The zero-order chi connectivity index (χ0) is 18.5. The molecule has 0 bridgehead atoms. The highest BCUT2D eigenvalue weighted by Gasteiger charge is 2.04. The number of rotatable bonds is 5. The number of hydrogen-bond donors (Lipinski definition) is 1. The van der Waals surface area contributed by atoms with Gasteiger partial charge in [-0.15, -0.1) is 5.10 Å². The van der Waals surface area contributed by atoms with Gasteiger partial charge in [0.15, 0.2) is 0 Å². The van der Waals surface area contributed by atoms with E-state index in [1.54, 1.807) is 23.2 Å². The Morgan fingerprint density at radius 2 is 1.93 bits per heavy atom. The molecule has 0 aliphatic rings. The number of aromatic nitrogens is 4. The molecule has 0 spiro atoms. The maximum atomic E-state index is 12.3. The van der Waals surface area contributed by atoms with Gasteiger partial charge in [0.1, 0.15) is 5.69 Å². The number of amides is 1. The van der Waals surface area contributed by atoms with E-state index in [0.29, 0.717) is 12.2 Å². The first-order valence-electron chi connectivity index (χ1n) is 8.55. The van der Waals surface area contributed by atoms with E-state index >= 15 is 0 Å². The first-order valence-corrected chi connectivity index (χ1v) is 8.55. The molecule has 0 aliphatic heterocycles. The molecule has 0 saturated carbocycles. The van der Waals surface area contributed by atoms with Gasteiger partial charge in [-0.3, -0.25) is 9.78 Å². The first kappa shape index (κ1) is 16.7. The predicted octanol–water partition coefficient (Wildman–Crippen LogP) is 3.53. The summed E-state index contributed by atoms with van der Waals surface area (Å²) in [6.07, 6.45) is 6.63. The Bertz CT molecular complexity index is 1100. The molecule has 0 aliphatic carbocycles. The summed E-state index contributed by atoms with van der Waals surface area (Å²) in [5.74, 6) is -0.232. The molecular formula is C21H17N5O. The van der Waals surface area contributed by atoms with Gasteiger partial charge in [-0.1, -0.05) is 41.6 Å². The highest BCUT2D eigenvalue weighted by Crippen LogP contribution is 2.21. The summed E-state index contributed by atoms with van der Waals surface area (Å²) >= 11 is 0. The lowest BCUT2D eigenvalue weighted by atomic mass is 10.2. The van der Waals surface area contributed by atoms with E-state index in [1.807, 2.05) is 60.7 Å². The van der Waals surface area contributed by atoms with Crippen LogP contribution in [0.2, 0.25) is 0 Å². The Balaban J connectivity index is 1.43. The largest absolute Gasteiger partial charge is 0.322 e. The monoisotopic (exact) mass is 355 g/mol. The van der Waals surface area contributed by atoms with Crippen molar-refractivity contribution in [1.29, 1.82) is 0 Å². The van der Waals surface area contributed by atoms with E-state index in [1.165, 1.54) is 6.08 Å². The van der Waals surface area contributed by atoms with Gasteiger partial charge in [-0.2, -0.15) is 0 Å². The Kier molecular flexibility index (Phi) is 4.70. The van der Waals surface area contributed by atoms with Crippen molar-refractivity contribution in [2.45, 2.75) is 6.54 Å². The number of carbonyl (C=O) groups is 1. The topological polar surface area (TPSA) is 72.7 Å². The van der Waals surface area contributed by atoms with Crippen molar-refractivity contribution in [3.8, 4) is 0 Å². The Hall–Kier alpha value is -3.80. The van der Waals surface area contributed by atoms with Crippen LogP contribution < -0.4 is 5.32 Å². The van der Waals surface area contributed by atoms with Crippen LogP contribution >= 0.6 is 0 Å². The van der Waals surface area contributed by atoms with E-state index in [2.05, 4.69) is 20.6 Å². The minimum absolute atomic E-state index is 0.232. The van der Waals surface area contributed by atoms with Crippen LogP contribution in [-0.4, -0.2) is 25.9 Å². The van der Waals surface area contributed by atoms with Crippen molar-refractivity contribution in [3.05, 3.63) is 90.4 Å². The fourth-order valence-electron chi connectivity index (χ4n) is 2.79. The second-order valence-corrected chi connectivity index (χ2v) is 6.02. The molecule has 0 unspecified atom stereocenters. The Morgan fingerprint density at radius 3 is 2.81 bits per heavy atom. The van der Waals surface area contributed by atoms with Gasteiger partial charge in [0, 0.05) is 17.7 Å².